The number of benzene rings is 2. The molecule has 0 aliphatic heterocycles. The highest BCUT2D eigenvalue weighted by molar-refractivity contribution is 5.78. The number of imidazole rings is 1. The Morgan fingerprint density at radius 1 is 0.929 bits per heavy atom. The van der Waals surface area contributed by atoms with Crippen molar-refractivity contribution in [2.75, 3.05) is 0 Å². The van der Waals surface area contributed by atoms with Crippen molar-refractivity contribution in [2.24, 2.45) is 5.92 Å². The molecule has 0 amide bonds. The summed E-state index contributed by atoms with van der Waals surface area (Å²) >= 11 is 0. The summed E-state index contributed by atoms with van der Waals surface area (Å²) in [5.41, 5.74) is 4.41. The van der Waals surface area contributed by atoms with E-state index < -0.39 is 0 Å². The second kappa shape index (κ2) is 7.13. The Morgan fingerprint density at radius 2 is 1.61 bits per heavy atom. The summed E-state index contributed by atoms with van der Waals surface area (Å²) in [4.78, 5) is 6.37. The average molecular weight is 369 g/mol. The zero-order valence-electron chi connectivity index (χ0n) is 15.8. The Bertz CT molecular complexity index is 1250. The van der Waals surface area contributed by atoms with E-state index >= 15 is 0 Å². The number of aryl methyl sites for hydroxylation is 1. The highest BCUT2D eigenvalue weighted by Gasteiger charge is 2.14. The van der Waals surface area contributed by atoms with Gasteiger partial charge in [-0.1, -0.05) is 13.8 Å². The molecule has 0 saturated heterocycles. The number of hydrogen-bond acceptors (Lipinski definition) is 5. The largest absolute Gasteiger partial charge is 0.326 e. The summed E-state index contributed by atoms with van der Waals surface area (Å²) in [7, 11) is 0. The molecule has 0 unspecified atom stereocenters. The number of nitriles is 2. The minimum atomic E-state index is 0.422. The zero-order chi connectivity index (χ0) is 19.7. The fraction of sp³-hybridized carbons (Fsp3) is 0.286. The summed E-state index contributed by atoms with van der Waals surface area (Å²) < 4.78 is 2.19. The van der Waals surface area contributed by atoms with Crippen molar-refractivity contribution in [3.63, 3.8) is 0 Å². The van der Waals surface area contributed by atoms with E-state index in [0.29, 0.717) is 29.1 Å². The van der Waals surface area contributed by atoms with Crippen molar-refractivity contribution in [3.8, 4) is 12.1 Å². The molecule has 7 nitrogen and oxygen atoms in total. The number of hydrogen-bond donors (Lipinski definition) is 0. The van der Waals surface area contributed by atoms with Crippen LogP contribution in [0.4, 0.5) is 0 Å². The highest BCUT2D eigenvalue weighted by Crippen LogP contribution is 2.20. The van der Waals surface area contributed by atoms with E-state index in [1.807, 2.05) is 18.2 Å². The first-order valence-corrected chi connectivity index (χ1v) is 9.21. The van der Waals surface area contributed by atoms with Gasteiger partial charge in [0, 0.05) is 6.54 Å². The molecule has 2 aromatic heterocycles. The second-order valence-corrected chi connectivity index (χ2v) is 7.22. The first kappa shape index (κ1) is 17.7. The first-order chi connectivity index (χ1) is 13.6. The summed E-state index contributed by atoms with van der Waals surface area (Å²) in [6, 6.07) is 15.2. The van der Waals surface area contributed by atoms with Gasteiger partial charge >= 0.3 is 0 Å². The molecular weight excluding hydrogens is 350 g/mol. The van der Waals surface area contributed by atoms with Gasteiger partial charge in [-0.2, -0.15) is 25.5 Å². The predicted molar refractivity (Wildman–Crippen MR) is 105 cm³/mol. The van der Waals surface area contributed by atoms with Gasteiger partial charge < -0.3 is 4.57 Å². The lowest BCUT2D eigenvalue weighted by molar-refractivity contribution is 0.493. The van der Waals surface area contributed by atoms with E-state index in [1.54, 1.807) is 23.0 Å². The fourth-order valence-corrected chi connectivity index (χ4v) is 3.23. The molecule has 4 rings (SSSR count). The number of aromatic nitrogens is 5. The lowest BCUT2D eigenvalue weighted by atomic mass is 10.1. The predicted octanol–water partition coefficient (Wildman–Crippen LogP) is 3.62. The van der Waals surface area contributed by atoms with Crippen molar-refractivity contribution in [3.05, 3.63) is 53.3 Å². The van der Waals surface area contributed by atoms with Crippen LogP contribution < -0.4 is 0 Å². The van der Waals surface area contributed by atoms with Crippen molar-refractivity contribution in [1.29, 1.82) is 10.5 Å². The maximum absolute atomic E-state index is 9.18. The molecule has 0 radical (unpaired) electrons. The molecule has 0 aliphatic carbocycles. The molecule has 2 heterocycles. The normalized spacial score (nSPS) is 11.2. The van der Waals surface area contributed by atoms with Crippen LogP contribution in [0.2, 0.25) is 0 Å². The number of rotatable bonds is 5. The van der Waals surface area contributed by atoms with E-state index in [1.165, 1.54) is 0 Å². The van der Waals surface area contributed by atoms with Crippen LogP contribution in [0, 0.1) is 28.6 Å². The van der Waals surface area contributed by atoms with E-state index in [-0.39, 0.29) is 0 Å². The SMILES string of the molecule is CC(C)CCn1c(Cn2nc3ccc(C#N)cc3n2)nc2cc(C#N)ccc21. The molecule has 0 N–H and O–H groups in total. The van der Waals surface area contributed by atoms with Crippen LogP contribution in [0.25, 0.3) is 22.1 Å². The van der Waals surface area contributed by atoms with Crippen LogP contribution in [-0.4, -0.2) is 24.5 Å². The van der Waals surface area contributed by atoms with Crippen LogP contribution in [0.1, 0.15) is 37.2 Å². The summed E-state index contributed by atoms with van der Waals surface area (Å²) in [6.07, 6.45) is 1.03. The summed E-state index contributed by atoms with van der Waals surface area (Å²) in [6.45, 7) is 5.66. The van der Waals surface area contributed by atoms with Crippen LogP contribution in [0.15, 0.2) is 36.4 Å². The summed E-state index contributed by atoms with van der Waals surface area (Å²) in [5.74, 6) is 1.42. The Morgan fingerprint density at radius 3 is 2.32 bits per heavy atom. The van der Waals surface area contributed by atoms with Gasteiger partial charge in [0.2, 0.25) is 0 Å². The smallest absolute Gasteiger partial charge is 0.133 e. The highest BCUT2D eigenvalue weighted by atomic mass is 15.5. The minimum absolute atomic E-state index is 0.422. The van der Waals surface area contributed by atoms with Crippen LogP contribution >= 0.6 is 0 Å². The zero-order valence-corrected chi connectivity index (χ0v) is 15.8. The Hall–Kier alpha value is -3.71. The lowest BCUT2D eigenvalue weighted by Gasteiger charge is -2.10. The fourth-order valence-electron chi connectivity index (χ4n) is 3.23. The maximum atomic E-state index is 9.18. The monoisotopic (exact) mass is 369 g/mol. The van der Waals surface area contributed by atoms with Crippen LogP contribution in [0.5, 0.6) is 0 Å². The van der Waals surface area contributed by atoms with Gasteiger partial charge in [0.1, 0.15) is 23.4 Å². The van der Waals surface area contributed by atoms with Crippen molar-refractivity contribution < 1.29 is 0 Å². The van der Waals surface area contributed by atoms with E-state index in [9.17, 15) is 5.26 Å². The Kier molecular flexibility index (Phi) is 4.50. The van der Waals surface area contributed by atoms with Gasteiger partial charge in [0.05, 0.1) is 34.3 Å². The van der Waals surface area contributed by atoms with Gasteiger partial charge in [0.25, 0.3) is 0 Å². The van der Waals surface area contributed by atoms with E-state index in [2.05, 4.69) is 40.8 Å². The van der Waals surface area contributed by atoms with Gasteiger partial charge in [0.15, 0.2) is 0 Å². The number of fused-ring (bicyclic) bond motifs is 2. The summed E-state index contributed by atoms with van der Waals surface area (Å²) in [5, 5.41) is 27.3. The molecule has 2 aromatic carbocycles. The molecule has 138 valence electrons. The average Bonchev–Trinajstić information content (AvgIpc) is 3.25. The Balaban J connectivity index is 1.75. The van der Waals surface area contributed by atoms with Crippen molar-refractivity contribution in [2.45, 2.75) is 33.4 Å². The molecular formula is C21H19N7. The maximum Gasteiger partial charge on any atom is 0.133 e. The molecule has 0 saturated carbocycles. The molecule has 0 spiro atoms. The van der Waals surface area contributed by atoms with Crippen molar-refractivity contribution in [1.82, 2.24) is 24.5 Å². The van der Waals surface area contributed by atoms with E-state index in [0.717, 1.165) is 35.3 Å². The molecule has 28 heavy (non-hydrogen) atoms. The third-order valence-corrected chi connectivity index (χ3v) is 4.72. The third-order valence-electron chi connectivity index (χ3n) is 4.72. The topological polar surface area (TPSA) is 96.1 Å². The molecule has 4 aromatic rings. The van der Waals surface area contributed by atoms with Gasteiger partial charge in [-0.3, -0.25) is 0 Å². The van der Waals surface area contributed by atoms with Crippen LogP contribution in [-0.2, 0) is 13.1 Å². The second-order valence-electron chi connectivity index (χ2n) is 7.22. The first-order valence-electron chi connectivity index (χ1n) is 9.21. The molecule has 7 heteroatoms. The van der Waals surface area contributed by atoms with E-state index in [4.69, 9.17) is 10.2 Å². The molecule has 0 bridgehead atoms. The van der Waals surface area contributed by atoms with Gasteiger partial charge in [-0.15, -0.1) is 0 Å². The Labute approximate surface area is 162 Å². The number of nitrogens with zero attached hydrogens (tertiary/aromatic N) is 7. The van der Waals surface area contributed by atoms with Gasteiger partial charge in [-0.05, 0) is 48.7 Å². The molecule has 0 fully saturated rings. The van der Waals surface area contributed by atoms with Crippen molar-refractivity contribution >= 4 is 22.1 Å². The third kappa shape index (κ3) is 3.30. The van der Waals surface area contributed by atoms with Crippen LogP contribution in [0.3, 0.4) is 0 Å². The quantitative estimate of drug-likeness (QED) is 0.535. The minimum Gasteiger partial charge on any atom is -0.326 e. The lowest BCUT2D eigenvalue weighted by Crippen LogP contribution is -2.12. The molecule has 0 atom stereocenters. The standard InChI is InChI=1S/C21H19N7/c1-14(2)7-8-27-20-6-4-16(12-23)10-19(20)24-21(27)13-28-25-17-5-3-15(11-22)9-18(17)26-28/h3-6,9-10,14H,7-8,13H2,1-2H3. The molecule has 0 aliphatic rings. The van der Waals surface area contributed by atoms with Gasteiger partial charge in [-0.25, -0.2) is 4.98 Å².